The Morgan fingerprint density at radius 3 is 2.19 bits per heavy atom. The van der Waals surface area contributed by atoms with E-state index in [4.69, 9.17) is 4.42 Å². The van der Waals surface area contributed by atoms with Crippen molar-refractivity contribution in [2.45, 2.75) is 13.8 Å². The molecule has 1 N–H and O–H groups in total. The Labute approximate surface area is 188 Å². The van der Waals surface area contributed by atoms with Crippen LogP contribution in [0.2, 0.25) is 0 Å². The molecule has 2 heterocycles. The smallest absolute Gasteiger partial charge is 0.322 e. The lowest BCUT2D eigenvalue weighted by Gasteiger charge is -2.35. The van der Waals surface area contributed by atoms with Crippen molar-refractivity contribution < 1.29 is 14.0 Å². The summed E-state index contributed by atoms with van der Waals surface area (Å²) < 4.78 is 5.49. The van der Waals surface area contributed by atoms with Crippen molar-refractivity contribution in [1.82, 2.24) is 9.80 Å². The predicted molar refractivity (Wildman–Crippen MR) is 126 cm³/mol. The number of furan rings is 1. The first-order valence-electron chi connectivity index (χ1n) is 10.7. The summed E-state index contributed by atoms with van der Waals surface area (Å²) in [4.78, 5) is 31.3. The number of para-hydroxylation sites is 3. The van der Waals surface area contributed by atoms with Crippen molar-refractivity contribution in [3.8, 4) is 0 Å². The number of anilines is 3. The van der Waals surface area contributed by atoms with Crippen LogP contribution in [-0.4, -0.2) is 55.0 Å². The first-order chi connectivity index (χ1) is 15.4. The Morgan fingerprint density at radius 1 is 0.906 bits per heavy atom. The zero-order valence-electron chi connectivity index (χ0n) is 18.7. The number of rotatable bonds is 4. The van der Waals surface area contributed by atoms with Crippen LogP contribution in [-0.2, 0) is 0 Å². The minimum Gasteiger partial charge on any atom is -0.466 e. The Morgan fingerprint density at radius 2 is 1.53 bits per heavy atom. The van der Waals surface area contributed by atoms with Gasteiger partial charge in [-0.25, -0.2) is 4.79 Å². The maximum atomic E-state index is 13.0. The Kier molecular flexibility index (Phi) is 6.16. The minimum absolute atomic E-state index is 0.0470. The zero-order valence-corrected chi connectivity index (χ0v) is 18.7. The van der Waals surface area contributed by atoms with E-state index in [-0.39, 0.29) is 11.9 Å². The molecule has 0 atom stereocenters. The van der Waals surface area contributed by atoms with Gasteiger partial charge in [0.15, 0.2) is 0 Å². The van der Waals surface area contributed by atoms with Gasteiger partial charge in [0.1, 0.15) is 11.5 Å². The normalized spacial score (nSPS) is 13.7. The molecule has 166 valence electrons. The molecule has 0 aliphatic carbocycles. The van der Waals surface area contributed by atoms with Crippen LogP contribution in [0, 0.1) is 13.8 Å². The Hall–Kier alpha value is -3.74. The summed E-state index contributed by atoms with van der Waals surface area (Å²) in [6, 6.07) is 19.3. The van der Waals surface area contributed by atoms with Gasteiger partial charge in [0, 0.05) is 38.9 Å². The summed E-state index contributed by atoms with van der Waals surface area (Å²) >= 11 is 0. The molecule has 7 nitrogen and oxygen atoms in total. The average molecular weight is 433 g/mol. The van der Waals surface area contributed by atoms with Gasteiger partial charge >= 0.3 is 6.03 Å². The van der Waals surface area contributed by atoms with E-state index in [0.717, 1.165) is 22.8 Å². The van der Waals surface area contributed by atoms with E-state index in [1.807, 2.05) is 73.5 Å². The Bertz CT molecular complexity index is 1100. The summed E-state index contributed by atoms with van der Waals surface area (Å²) in [5.74, 6) is 1.31. The van der Waals surface area contributed by atoms with Gasteiger partial charge in [0.2, 0.25) is 0 Å². The third-order valence-electron chi connectivity index (χ3n) is 5.78. The molecule has 0 saturated carbocycles. The number of piperazine rings is 1. The highest BCUT2D eigenvalue weighted by Gasteiger charge is 2.27. The fourth-order valence-electron chi connectivity index (χ4n) is 3.98. The fraction of sp³-hybridized carbons (Fsp3) is 0.280. The predicted octanol–water partition coefficient (Wildman–Crippen LogP) is 4.65. The van der Waals surface area contributed by atoms with E-state index in [1.54, 1.807) is 22.8 Å². The lowest BCUT2D eigenvalue weighted by Crippen LogP contribution is -2.51. The van der Waals surface area contributed by atoms with Gasteiger partial charge in [-0.2, -0.15) is 0 Å². The van der Waals surface area contributed by atoms with Crippen LogP contribution in [0.5, 0.6) is 0 Å². The molecule has 1 aliphatic heterocycles. The number of urea groups is 1. The number of benzene rings is 2. The van der Waals surface area contributed by atoms with E-state index < -0.39 is 0 Å². The molecule has 1 aromatic heterocycles. The summed E-state index contributed by atoms with van der Waals surface area (Å²) in [7, 11) is 1.98. The molecular formula is C25H28N4O3. The molecule has 32 heavy (non-hydrogen) atoms. The lowest BCUT2D eigenvalue weighted by molar-refractivity contribution is 0.0670. The maximum absolute atomic E-state index is 13.0. The highest BCUT2D eigenvalue weighted by atomic mass is 16.3. The van der Waals surface area contributed by atoms with Crippen LogP contribution in [0.25, 0.3) is 0 Å². The molecular weight excluding hydrogens is 404 g/mol. The molecule has 4 rings (SSSR count). The highest BCUT2D eigenvalue weighted by Crippen LogP contribution is 2.30. The van der Waals surface area contributed by atoms with Gasteiger partial charge in [-0.3, -0.25) is 4.79 Å². The average Bonchev–Trinajstić information content (AvgIpc) is 3.17. The van der Waals surface area contributed by atoms with Gasteiger partial charge in [0.25, 0.3) is 5.91 Å². The first-order valence-corrected chi connectivity index (χ1v) is 10.7. The van der Waals surface area contributed by atoms with Crippen LogP contribution in [0.3, 0.4) is 0 Å². The molecule has 0 unspecified atom stereocenters. The van der Waals surface area contributed by atoms with Gasteiger partial charge in [-0.15, -0.1) is 0 Å². The molecule has 7 heteroatoms. The number of nitrogens with zero attached hydrogens (tertiary/aromatic N) is 3. The molecule has 0 radical (unpaired) electrons. The van der Waals surface area contributed by atoms with Gasteiger partial charge in [-0.05, 0) is 44.2 Å². The van der Waals surface area contributed by atoms with Crippen molar-refractivity contribution in [3.05, 3.63) is 77.7 Å². The summed E-state index contributed by atoms with van der Waals surface area (Å²) in [5.41, 5.74) is 3.28. The van der Waals surface area contributed by atoms with Crippen LogP contribution in [0.15, 0.2) is 65.1 Å². The number of aryl methyl sites for hydroxylation is 2. The van der Waals surface area contributed by atoms with Crippen LogP contribution < -0.4 is 10.2 Å². The van der Waals surface area contributed by atoms with E-state index in [1.165, 1.54) is 0 Å². The van der Waals surface area contributed by atoms with Gasteiger partial charge in [-0.1, -0.05) is 30.3 Å². The second-order valence-electron chi connectivity index (χ2n) is 7.95. The number of carbonyl (C=O) groups excluding carboxylic acids is 2. The molecule has 2 aromatic carbocycles. The number of amides is 3. The topological polar surface area (TPSA) is 69.0 Å². The quantitative estimate of drug-likeness (QED) is 0.651. The largest absolute Gasteiger partial charge is 0.466 e. The fourth-order valence-corrected chi connectivity index (χ4v) is 3.98. The second-order valence-corrected chi connectivity index (χ2v) is 7.95. The standard InChI is InChI=1S/C25H28N4O3/c1-18-17-21(19(2)32-18)24(30)28-13-15-29(16-14-28)25(31)26-22-11-7-8-12-23(22)27(3)20-9-5-4-6-10-20/h4-12,17H,13-16H2,1-3H3,(H,26,31). The molecule has 1 fully saturated rings. The molecule has 3 amide bonds. The number of carbonyl (C=O) groups is 2. The zero-order chi connectivity index (χ0) is 22.7. The SMILES string of the molecule is Cc1cc(C(=O)N2CCN(C(=O)Nc3ccccc3N(C)c3ccccc3)CC2)c(C)o1. The van der Waals surface area contributed by atoms with Crippen molar-refractivity contribution in [2.24, 2.45) is 0 Å². The van der Waals surface area contributed by atoms with Crippen molar-refractivity contribution in [3.63, 3.8) is 0 Å². The number of hydrogen-bond donors (Lipinski definition) is 1. The lowest BCUT2D eigenvalue weighted by atomic mass is 10.2. The van der Waals surface area contributed by atoms with E-state index in [9.17, 15) is 9.59 Å². The first kappa shape index (κ1) is 21.5. The molecule has 0 bridgehead atoms. The molecule has 3 aromatic rings. The Balaban J connectivity index is 1.40. The van der Waals surface area contributed by atoms with Crippen molar-refractivity contribution in [2.75, 3.05) is 43.4 Å². The summed E-state index contributed by atoms with van der Waals surface area (Å²) in [5, 5.41) is 3.05. The van der Waals surface area contributed by atoms with Crippen LogP contribution >= 0.6 is 0 Å². The maximum Gasteiger partial charge on any atom is 0.322 e. The van der Waals surface area contributed by atoms with Crippen LogP contribution in [0.1, 0.15) is 21.9 Å². The number of hydrogen-bond acceptors (Lipinski definition) is 4. The second kappa shape index (κ2) is 9.18. The third kappa shape index (κ3) is 4.46. The molecule has 1 saturated heterocycles. The summed E-state index contributed by atoms with van der Waals surface area (Å²) in [6.45, 7) is 5.56. The minimum atomic E-state index is -0.165. The number of nitrogens with one attached hydrogen (secondary N) is 1. The highest BCUT2D eigenvalue weighted by molar-refractivity contribution is 5.96. The van der Waals surface area contributed by atoms with Crippen molar-refractivity contribution >= 4 is 29.0 Å². The monoisotopic (exact) mass is 432 g/mol. The van der Waals surface area contributed by atoms with Gasteiger partial charge < -0.3 is 24.4 Å². The molecule has 1 aliphatic rings. The van der Waals surface area contributed by atoms with Crippen LogP contribution in [0.4, 0.5) is 21.9 Å². The van der Waals surface area contributed by atoms with E-state index in [2.05, 4.69) is 5.32 Å². The van der Waals surface area contributed by atoms with E-state index >= 15 is 0 Å². The molecule has 0 spiro atoms. The summed E-state index contributed by atoms with van der Waals surface area (Å²) in [6.07, 6.45) is 0. The van der Waals surface area contributed by atoms with Gasteiger partial charge in [0.05, 0.1) is 16.9 Å². The third-order valence-corrected chi connectivity index (χ3v) is 5.78. The van der Waals surface area contributed by atoms with E-state index in [0.29, 0.717) is 37.5 Å². The van der Waals surface area contributed by atoms with Crippen molar-refractivity contribution in [1.29, 1.82) is 0 Å².